The van der Waals surface area contributed by atoms with E-state index in [-0.39, 0.29) is 5.76 Å². The van der Waals surface area contributed by atoms with Gasteiger partial charge in [-0.2, -0.15) is 4.72 Å². The van der Waals surface area contributed by atoms with Crippen LogP contribution < -0.4 is 9.46 Å². The van der Waals surface area contributed by atoms with Crippen molar-refractivity contribution in [3.63, 3.8) is 0 Å². The molecular formula is C24H21NO4S. The maximum absolute atomic E-state index is 13.0. The van der Waals surface area contributed by atoms with Crippen LogP contribution in [-0.2, 0) is 11.4 Å². The average molecular weight is 420 g/mol. The van der Waals surface area contributed by atoms with Gasteiger partial charge in [0.25, 0.3) is 0 Å². The number of methoxy groups -OCH3 is 1. The van der Waals surface area contributed by atoms with Crippen LogP contribution in [0.25, 0.3) is 22.1 Å². The van der Waals surface area contributed by atoms with E-state index in [4.69, 9.17) is 9.15 Å². The Morgan fingerprint density at radius 2 is 1.77 bits per heavy atom. The molecule has 5 nitrogen and oxygen atoms in total. The first-order valence-corrected chi connectivity index (χ1v) is 10.6. The van der Waals surface area contributed by atoms with Crippen LogP contribution in [0.1, 0.15) is 21.7 Å². The predicted molar refractivity (Wildman–Crippen MR) is 118 cm³/mol. The maximum atomic E-state index is 13.0. The molecule has 0 spiro atoms. The fourth-order valence-corrected chi connectivity index (χ4v) is 4.30. The molecule has 0 aliphatic heterocycles. The minimum atomic E-state index is -1.76. The summed E-state index contributed by atoms with van der Waals surface area (Å²) in [6, 6.07) is 20.6. The van der Waals surface area contributed by atoms with Crippen molar-refractivity contribution in [2.45, 2.75) is 18.7 Å². The Hall–Kier alpha value is -3.22. The Balaban J connectivity index is 1.64. The second kappa shape index (κ2) is 8.26. The summed E-state index contributed by atoms with van der Waals surface area (Å²) in [7, 11) is 1.57. The predicted octanol–water partition coefficient (Wildman–Crippen LogP) is 5.18. The summed E-state index contributed by atoms with van der Waals surface area (Å²) in [6.07, 6.45) is 0. The minimum Gasteiger partial charge on any atom is -0.588 e. The van der Waals surface area contributed by atoms with Crippen LogP contribution in [0, 0.1) is 13.8 Å². The summed E-state index contributed by atoms with van der Waals surface area (Å²) >= 11 is -1.76. The second-order valence-electron chi connectivity index (χ2n) is 7.06. The zero-order chi connectivity index (χ0) is 21.3. The van der Waals surface area contributed by atoms with E-state index in [0.29, 0.717) is 21.6 Å². The Bertz CT molecular complexity index is 1220. The molecule has 1 atom stereocenters. The highest BCUT2D eigenvalue weighted by molar-refractivity contribution is 7.90. The van der Waals surface area contributed by atoms with E-state index in [9.17, 15) is 9.35 Å². The summed E-state index contributed by atoms with van der Waals surface area (Å²) in [6.45, 7) is 3.89. The third-order valence-electron chi connectivity index (χ3n) is 4.79. The largest absolute Gasteiger partial charge is 0.588 e. The highest BCUT2D eigenvalue weighted by Gasteiger charge is 2.24. The van der Waals surface area contributed by atoms with Crippen molar-refractivity contribution in [1.29, 1.82) is 0 Å². The molecule has 0 radical (unpaired) electrons. The quantitative estimate of drug-likeness (QED) is 0.453. The van der Waals surface area contributed by atoms with Crippen molar-refractivity contribution < 1.29 is 18.5 Å². The number of carbonyl (C=O) groups is 1. The van der Waals surface area contributed by atoms with Crippen LogP contribution in [0.5, 0.6) is 5.75 Å². The third-order valence-corrected chi connectivity index (χ3v) is 5.92. The summed E-state index contributed by atoms with van der Waals surface area (Å²) < 4.78 is 26.7. The zero-order valence-corrected chi connectivity index (χ0v) is 17.7. The summed E-state index contributed by atoms with van der Waals surface area (Å²) in [4.78, 5) is 13.3. The maximum Gasteiger partial charge on any atom is 0.328 e. The topological polar surface area (TPSA) is 74.5 Å². The second-order valence-corrected chi connectivity index (χ2v) is 8.24. The molecule has 1 N–H and O–H groups in total. The average Bonchev–Trinajstić information content (AvgIpc) is 3.17. The van der Waals surface area contributed by atoms with Gasteiger partial charge in [-0.05, 0) is 49.2 Å². The van der Waals surface area contributed by atoms with Crippen LogP contribution in [0.15, 0.2) is 76.0 Å². The molecule has 6 heteroatoms. The fraction of sp³-hybridized carbons (Fsp3) is 0.125. The molecule has 1 amide bonds. The van der Waals surface area contributed by atoms with Crippen LogP contribution >= 0.6 is 0 Å². The Kier molecular flexibility index (Phi) is 5.53. The number of benzene rings is 3. The van der Waals surface area contributed by atoms with E-state index in [1.807, 2.05) is 68.4 Å². The van der Waals surface area contributed by atoms with Crippen LogP contribution in [0.4, 0.5) is 0 Å². The van der Waals surface area contributed by atoms with Gasteiger partial charge < -0.3 is 13.7 Å². The summed E-state index contributed by atoms with van der Waals surface area (Å²) in [5.41, 5.74) is 4.29. The Morgan fingerprint density at radius 1 is 1.00 bits per heavy atom. The molecule has 0 fully saturated rings. The number of furan rings is 1. The van der Waals surface area contributed by atoms with Crippen molar-refractivity contribution in [3.8, 4) is 16.9 Å². The number of nitrogens with one attached hydrogen (secondary N) is 1. The molecule has 0 saturated carbocycles. The van der Waals surface area contributed by atoms with E-state index in [0.717, 1.165) is 22.3 Å². The van der Waals surface area contributed by atoms with Crippen LogP contribution in [-0.4, -0.2) is 17.6 Å². The van der Waals surface area contributed by atoms with Gasteiger partial charge >= 0.3 is 5.91 Å². The van der Waals surface area contributed by atoms with Gasteiger partial charge in [-0.15, -0.1) is 0 Å². The van der Waals surface area contributed by atoms with E-state index in [2.05, 4.69) is 4.72 Å². The first kappa shape index (κ1) is 20.1. The number of carbonyl (C=O) groups excluding carboxylic acids is 1. The first-order chi connectivity index (χ1) is 14.5. The van der Waals surface area contributed by atoms with Crippen molar-refractivity contribution in [1.82, 2.24) is 4.72 Å². The molecule has 0 saturated heterocycles. The highest BCUT2D eigenvalue weighted by Crippen LogP contribution is 2.31. The number of aryl methyl sites for hydroxylation is 2. The molecule has 3 aromatic carbocycles. The van der Waals surface area contributed by atoms with Gasteiger partial charge in [0.1, 0.15) is 22.7 Å². The van der Waals surface area contributed by atoms with Gasteiger partial charge in [-0.3, -0.25) is 4.79 Å². The standard InChI is InChI=1S/C24H21NO4S/c1-15-9-10-23(18(11-15)17-7-5-4-6-8-17)30(27)25-24(26)22-14-19-20(28-3)12-16(2)13-21(19)29-22/h4-14H,1-3H3,(H,25,26). The molecule has 30 heavy (non-hydrogen) atoms. The normalized spacial score (nSPS) is 12.0. The zero-order valence-electron chi connectivity index (χ0n) is 16.9. The molecule has 152 valence electrons. The molecular weight excluding hydrogens is 398 g/mol. The molecule has 0 bridgehead atoms. The number of ether oxygens (including phenoxy) is 1. The van der Waals surface area contributed by atoms with Crippen molar-refractivity contribution >= 4 is 28.2 Å². The van der Waals surface area contributed by atoms with Gasteiger partial charge in [0.2, 0.25) is 0 Å². The van der Waals surface area contributed by atoms with Crippen LogP contribution in [0.3, 0.4) is 0 Å². The molecule has 0 aliphatic carbocycles. The third kappa shape index (κ3) is 3.92. The molecule has 1 unspecified atom stereocenters. The van der Waals surface area contributed by atoms with Gasteiger partial charge in [-0.25, -0.2) is 0 Å². The summed E-state index contributed by atoms with van der Waals surface area (Å²) in [5.74, 6) is 0.151. The van der Waals surface area contributed by atoms with Gasteiger partial charge in [0.05, 0.1) is 12.5 Å². The molecule has 0 aliphatic rings. The van der Waals surface area contributed by atoms with E-state index >= 15 is 0 Å². The van der Waals surface area contributed by atoms with E-state index < -0.39 is 17.3 Å². The Morgan fingerprint density at radius 3 is 2.50 bits per heavy atom. The number of fused-ring (bicyclic) bond motifs is 1. The number of hydrogen-bond donors (Lipinski definition) is 1. The lowest BCUT2D eigenvalue weighted by Crippen LogP contribution is -2.30. The molecule has 4 rings (SSSR count). The highest BCUT2D eigenvalue weighted by atomic mass is 32.2. The van der Waals surface area contributed by atoms with Gasteiger partial charge in [0.15, 0.2) is 10.7 Å². The fourth-order valence-electron chi connectivity index (χ4n) is 3.36. The van der Waals surface area contributed by atoms with Crippen molar-refractivity contribution in [2.24, 2.45) is 0 Å². The number of amides is 1. The molecule has 4 aromatic rings. The number of rotatable bonds is 5. The number of hydrogen-bond acceptors (Lipinski definition) is 4. The van der Waals surface area contributed by atoms with E-state index in [1.54, 1.807) is 19.2 Å². The minimum absolute atomic E-state index is 0.0793. The monoisotopic (exact) mass is 419 g/mol. The first-order valence-electron chi connectivity index (χ1n) is 9.43. The molecule has 1 heterocycles. The van der Waals surface area contributed by atoms with Gasteiger partial charge in [-0.1, -0.05) is 42.0 Å². The smallest absolute Gasteiger partial charge is 0.328 e. The summed E-state index contributed by atoms with van der Waals surface area (Å²) in [5, 5.41) is 0.694. The van der Waals surface area contributed by atoms with Crippen molar-refractivity contribution in [2.75, 3.05) is 7.11 Å². The Labute approximate surface area is 178 Å². The lowest BCUT2D eigenvalue weighted by molar-refractivity contribution is 0.0956. The van der Waals surface area contributed by atoms with E-state index in [1.165, 1.54) is 0 Å². The molecule has 1 aromatic heterocycles. The SMILES string of the molecule is COc1cc(C)cc2oc(C(=O)N[S+]([O-])c3ccc(C)cc3-c3ccccc3)cc12. The van der Waals surface area contributed by atoms with Gasteiger partial charge in [0, 0.05) is 11.6 Å². The lowest BCUT2D eigenvalue weighted by atomic mass is 10.0. The lowest BCUT2D eigenvalue weighted by Gasteiger charge is -2.14. The van der Waals surface area contributed by atoms with Crippen molar-refractivity contribution in [3.05, 3.63) is 83.6 Å². The van der Waals surface area contributed by atoms with Crippen LogP contribution in [0.2, 0.25) is 0 Å².